The Labute approximate surface area is 390 Å². The van der Waals surface area contributed by atoms with Crippen molar-refractivity contribution in [2.45, 2.75) is 82.8 Å². The van der Waals surface area contributed by atoms with Gasteiger partial charge in [-0.15, -0.1) is 0 Å². The van der Waals surface area contributed by atoms with E-state index in [2.05, 4.69) is 68.3 Å². The topological polar surface area (TPSA) is 133 Å². The van der Waals surface area contributed by atoms with E-state index in [0.717, 1.165) is 102 Å². The summed E-state index contributed by atoms with van der Waals surface area (Å²) < 4.78 is 29.1. The predicted molar refractivity (Wildman–Crippen MR) is 217 cm³/mol. The number of likely N-dealkylation sites (tertiary alicyclic amines) is 2. The Morgan fingerprint density at radius 2 is 1.17 bits per heavy atom. The number of hydrogen-bond acceptors (Lipinski definition) is 11. The summed E-state index contributed by atoms with van der Waals surface area (Å²) in [6.07, 6.45) is 10.7. The number of aliphatic carboxylic acids is 1. The minimum absolute atomic E-state index is 0. The van der Waals surface area contributed by atoms with Gasteiger partial charge in [-0.1, -0.05) is 48.5 Å². The summed E-state index contributed by atoms with van der Waals surface area (Å²) in [5.41, 5.74) is 4.67. The zero-order chi connectivity index (χ0) is 39.7. The number of ketones is 1. The number of piperidine rings is 2. The van der Waals surface area contributed by atoms with Crippen LogP contribution in [0.3, 0.4) is 0 Å². The van der Waals surface area contributed by atoms with Gasteiger partial charge in [-0.2, -0.15) is 0 Å². The molecule has 5 aliphatic heterocycles. The van der Waals surface area contributed by atoms with E-state index in [0.29, 0.717) is 54.8 Å². The average molecular weight is 831 g/mol. The molecule has 1 N–H and O–H groups in total. The fourth-order valence-electron chi connectivity index (χ4n) is 8.47. The Kier molecular flexibility index (Phi) is 15.8. The van der Waals surface area contributed by atoms with Crippen LogP contribution in [0.25, 0.3) is 0 Å². The minimum Gasteiger partial charge on any atom is -1.00 e. The van der Waals surface area contributed by atoms with Crippen LogP contribution in [0.1, 0.15) is 87.3 Å². The monoisotopic (exact) mass is 830 g/mol. The molecule has 0 bridgehead atoms. The number of benzene rings is 2. The first-order chi connectivity index (χ1) is 28.4. The van der Waals surface area contributed by atoms with Gasteiger partial charge in [0.05, 0.1) is 12.0 Å². The number of carbonyl (C=O) groups excluding carboxylic acids is 1. The summed E-state index contributed by atoms with van der Waals surface area (Å²) in [4.78, 5) is 36.9. The normalized spacial score (nSPS) is 22.1. The first-order valence-corrected chi connectivity index (χ1v) is 20.9. The van der Waals surface area contributed by atoms with Crippen molar-refractivity contribution in [1.29, 1.82) is 0 Å². The number of pyridine rings is 2. The zero-order valence-electron chi connectivity index (χ0n) is 35.1. The number of Topliss-reactive ketones (excluding diaryl/α,β-unsaturated/α-hetero) is 1. The molecule has 0 radical (unpaired) electrons. The van der Waals surface area contributed by atoms with Crippen LogP contribution in [-0.2, 0) is 27.4 Å². The van der Waals surface area contributed by atoms with Crippen molar-refractivity contribution >= 4 is 11.8 Å². The van der Waals surface area contributed by atoms with Crippen molar-refractivity contribution < 1.29 is 91.2 Å². The van der Waals surface area contributed by atoms with Crippen LogP contribution in [0.2, 0.25) is 0 Å². The van der Waals surface area contributed by atoms with E-state index in [-0.39, 0.29) is 76.9 Å². The molecule has 308 valence electrons. The van der Waals surface area contributed by atoms with E-state index in [9.17, 15) is 9.59 Å². The molecule has 4 aromatic rings. The summed E-state index contributed by atoms with van der Waals surface area (Å²) in [7, 11) is 0. The quantitative estimate of drug-likeness (QED) is 0.216. The van der Waals surface area contributed by atoms with Crippen LogP contribution < -0.4 is 70.3 Å². The zero-order valence-corrected chi connectivity index (χ0v) is 37.2. The third-order valence-electron chi connectivity index (χ3n) is 12.0. The van der Waals surface area contributed by atoms with E-state index in [1.165, 1.54) is 11.1 Å². The van der Waals surface area contributed by atoms with Crippen LogP contribution >= 0.6 is 0 Å². The average Bonchev–Trinajstić information content (AvgIpc) is 3.80. The van der Waals surface area contributed by atoms with Gasteiger partial charge in [0, 0.05) is 44.4 Å². The molecule has 3 fully saturated rings. The smallest absolute Gasteiger partial charge is 1.00 e. The van der Waals surface area contributed by atoms with Crippen molar-refractivity contribution in [2.75, 3.05) is 46.0 Å². The summed E-state index contributed by atoms with van der Waals surface area (Å²) in [5, 5.41) is 9.08. The fourth-order valence-corrected chi connectivity index (χ4v) is 8.47. The van der Waals surface area contributed by atoms with Crippen LogP contribution in [0.4, 0.5) is 0 Å². The van der Waals surface area contributed by atoms with E-state index in [1.807, 2.05) is 24.3 Å². The van der Waals surface area contributed by atoms with Crippen molar-refractivity contribution in [3.05, 3.63) is 107 Å². The minimum atomic E-state index is -0.667. The number of carboxylic acids is 1. The molecule has 13 heteroatoms. The molecule has 12 nitrogen and oxygen atoms in total. The van der Waals surface area contributed by atoms with Crippen LogP contribution in [-0.4, -0.2) is 88.7 Å². The molecule has 7 heterocycles. The first kappa shape index (κ1) is 43.7. The Balaban J connectivity index is 0.000000199. The molecule has 2 aromatic heterocycles. The predicted octanol–water partition coefficient (Wildman–Crippen LogP) is 4.34. The number of hydrogen-bond donors (Lipinski definition) is 1. The second-order valence-electron chi connectivity index (χ2n) is 16.0. The summed E-state index contributed by atoms with van der Waals surface area (Å²) in [6, 6.07) is 24.4. The number of rotatable bonds is 11. The first-order valence-electron chi connectivity index (χ1n) is 20.9. The van der Waals surface area contributed by atoms with Crippen LogP contribution in [0.15, 0.2) is 85.2 Å². The molecule has 2 aromatic carbocycles. The maximum Gasteiger partial charge on any atom is 1.00 e. The van der Waals surface area contributed by atoms with Gasteiger partial charge in [0.25, 0.3) is 11.8 Å². The molecule has 3 atom stereocenters. The molecule has 0 amide bonds. The molecule has 0 aliphatic carbocycles. The van der Waals surface area contributed by atoms with Crippen LogP contribution in [0, 0.1) is 11.8 Å². The largest absolute Gasteiger partial charge is 1.00 e. The summed E-state index contributed by atoms with van der Waals surface area (Å²) in [6.45, 7) is 7.24. The Morgan fingerprint density at radius 3 is 1.63 bits per heavy atom. The molecule has 0 unspecified atom stereocenters. The maximum absolute atomic E-state index is 12.6. The molecule has 5 aliphatic rings. The van der Waals surface area contributed by atoms with Gasteiger partial charge in [0.15, 0.2) is 23.7 Å². The Bertz CT molecular complexity index is 1970. The number of carboxylic acid groups (broad SMARTS) is 1. The van der Waals surface area contributed by atoms with E-state index in [1.54, 1.807) is 12.4 Å². The van der Waals surface area contributed by atoms with Gasteiger partial charge in [-0.25, -0.2) is 9.97 Å². The summed E-state index contributed by atoms with van der Waals surface area (Å²) >= 11 is 0. The number of ether oxygens (including phenoxy) is 5. The second kappa shape index (κ2) is 21.4. The number of carbonyl (C=O) groups is 2. The van der Waals surface area contributed by atoms with Gasteiger partial charge >= 0.3 is 57.4 Å². The van der Waals surface area contributed by atoms with E-state index < -0.39 is 5.97 Å². The van der Waals surface area contributed by atoms with Crippen LogP contribution in [0.5, 0.6) is 23.3 Å². The maximum atomic E-state index is 12.6. The van der Waals surface area contributed by atoms with Gasteiger partial charge in [-0.05, 0) is 118 Å². The molecule has 3 saturated heterocycles. The third kappa shape index (κ3) is 11.9. The van der Waals surface area contributed by atoms with Crippen molar-refractivity contribution in [2.24, 2.45) is 11.8 Å². The van der Waals surface area contributed by atoms with Gasteiger partial charge in [-0.3, -0.25) is 19.4 Å². The van der Waals surface area contributed by atoms with E-state index >= 15 is 0 Å². The Morgan fingerprint density at radius 1 is 0.678 bits per heavy atom. The summed E-state index contributed by atoms with van der Waals surface area (Å²) in [5.74, 6) is 2.30. The molecule has 9 rings (SSSR count). The number of fused-ring (bicyclic) bond motifs is 2. The van der Waals surface area contributed by atoms with E-state index in [4.69, 9.17) is 28.8 Å². The number of aromatic nitrogens is 2. The second-order valence-corrected chi connectivity index (χ2v) is 16.0. The SMILES string of the molecule is O=C(CC[C@@H]1CCCO1)C1CCN(Cc2ccc([C@H]3COc4cccnc4O3)cc2)CC1.O=C(O)C1CCN(Cc2ccc([C@H]3COc4cccnc4O3)cc2)CC1.[H-].[K+]. The van der Waals surface area contributed by atoms with Crippen molar-refractivity contribution in [3.8, 4) is 23.3 Å². The van der Waals surface area contributed by atoms with Gasteiger partial charge in [0.1, 0.15) is 19.0 Å². The number of nitrogens with zero attached hydrogens (tertiary/aromatic N) is 4. The molecular formula is C46H55KN4O8. The molecule has 0 saturated carbocycles. The Hall–Kier alpha value is -3.40. The third-order valence-corrected chi connectivity index (χ3v) is 12.0. The molecule has 0 spiro atoms. The molecule has 59 heavy (non-hydrogen) atoms. The molecular weight excluding hydrogens is 776 g/mol. The van der Waals surface area contributed by atoms with Gasteiger partial charge in [0.2, 0.25) is 0 Å². The van der Waals surface area contributed by atoms with Crippen molar-refractivity contribution in [1.82, 2.24) is 19.8 Å². The standard InChI is InChI=1S/C26H32N2O4.C20H22N2O4.K.H/c29-23(10-9-22-3-2-16-30-22)20-11-14-28(15-12-20)17-19-5-7-21(8-6-19)25-18-31-24-4-1-13-27-26(24)32-25;23-20(24)16-7-10-22(11-8-16)12-14-3-5-15(6-4-14)18-13-25-17-2-1-9-21-19(17)26-18;;/h1,4-8,13,20,22,25H,2-3,9-12,14-18H2;1-6,9,16,18H,7-8,10-13H2,(H,23,24);;/q;;+1;-1/t22-,25+;18-;;/m01../s1. The fraction of sp³-hybridized carbons (Fsp3) is 0.478. The van der Waals surface area contributed by atoms with Crippen molar-refractivity contribution in [3.63, 3.8) is 0 Å². The van der Waals surface area contributed by atoms with Gasteiger partial charge < -0.3 is 30.2 Å².